The zero-order valence-electron chi connectivity index (χ0n) is 12.9. The van der Waals surface area contributed by atoms with Crippen LogP contribution < -0.4 is 0 Å². The van der Waals surface area contributed by atoms with Gasteiger partial charge in [0.25, 0.3) is 0 Å². The minimum Gasteiger partial charge on any atom is -0.331 e. The highest BCUT2D eigenvalue weighted by Gasteiger charge is 2.13. The minimum atomic E-state index is -0.506. The largest absolute Gasteiger partial charge is 0.331 e. The Balaban J connectivity index is 1.98. The molecule has 0 fully saturated rings. The third-order valence-corrected chi connectivity index (χ3v) is 3.82. The van der Waals surface area contributed by atoms with E-state index < -0.39 is 5.95 Å². The van der Waals surface area contributed by atoms with Crippen LogP contribution in [0.2, 0.25) is 0 Å². The summed E-state index contributed by atoms with van der Waals surface area (Å²) in [5, 5.41) is 0. The number of nitrogens with zero attached hydrogens (tertiary/aromatic N) is 5. The van der Waals surface area contributed by atoms with Gasteiger partial charge in [-0.05, 0) is 32.9 Å². The first-order chi connectivity index (χ1) is 10.6. The maximum atomic E-state index is 13.3. The van der Waals surface area contributed by atoms with Crippen LogP contribution in [0.3, 0.4) is 0 Å². The third-order valence-electron chi connectivity index (χ3n) is 3.82. The molecule has 0 unspecified atom stereocenters. The lowest BCUT2D eigenvalue weighted by Gasteiger charge is -2.10. The number of aromatic nitrogens is 5. The van der Waals surface area contributed by atoms with Crippen LogP contribution in [0.15, 0.2) is 30.6 Å². The number of hydrogen-bond donors (Lipinski definition) is 0. The summed E-state index contributed by atoms with van der Waals surface area (Å²) in [7, 11) is 0. The Kier molecular flexibility index (Phi) is 3.75. The number of imidazole rings is 2. The van der Waals surface area contributed by atoms with E-state index in [0.717, 1.165) is 18.1 Å². The molecule has 0 aliphatic heterocycles. The quantitative estimate of drug-likeness (QED) is 0.696. The van der Waals surface area contributed by atoms with Crippen LogP contribution in [0.5, 0.6) is 0 Å². The van der Waals surface area contributed by atoms with Crippen molar-refractivity contribution in [1.82, 2.24) is 24.1 Å². The molecule has 0 aliphatic rings. The van der Waals surface area contributed by atoms with Gasteiger partial charge in [-0.1, -0.05) is 6.07 Å². The summed E-state index contributed by atoms with van der Waals surface area (Å²) in [6.07, 6.45) is 3.56. The highest BCUT2D eigenvalue weighted by molar-refractivity contribution is 5.49. The van der Waals surface area contributed by atoms with Gasteiger partial charge in [-0.25, -0.2) is 15.0 Å². The van der Waals surface area contributed by atoms with Crippen LogP contribution in [0.1, 0.15) is 24.1 Å². The molecule has 3 aromatic heterocycles. The lowest BCUT2D eigenvalue weighted by atomic mass is 10.3. The van der Waals surface area contributed by atoms with Crippen LogP contribution in [0.25, 0.3) is 11.5 Å². The monoisotopic (exact) mass is 299 g/mol. The van der Waals surface area contributed by atoms with Gasteiger partial charge in [0.2, 0.25) is 5.95 Å². The molecule has 3 rings (SSSR count). The number of hydrogen-bond acceptors (Lipinski definition) is 3. The van der Waals surface area contributed by atoms with E-state index in [9.17, 15) is 4.39 Å². The van der Waals surface area contributed by atoms with E-state index >= 15 is 0 Å². The second kappa shape index (κ2) is 5.71. The Bertz CT molecular complexity index is 803. The molecule has 0 atom stereocenters. The molecular weight excluding hydrogens is 281 g/mol. The van der Waals surface area contributed by atoms with Gasteiger partial charge in [-0.3, -0.25) is 0 Å². The second-order valence-electron chi connectivity index (χ2n) is 5.17. The molecule has 0 aliphatic carbocycles. The molecular formula is C16H18FN5. The van der Waals surface area contributed by atoms with Crippen LogP contribution >= 0.6 is 0 Å². The molecule has 0 N–H and O–H groups in total. The van der Waals surface area contributed by atoms with Crippen LogP contribution in [0.4, 0.5) is 4.39 Å². The highest BCUT2D eigenvalue weighted by atomic mass is 19.1. The molecule has 0 spiro atoms. The van der Waals surface area contributed by atoms with Crippen molar-refractivity contribution in [2.24, 2.45) is 0 Å². The van der Waals surface area contributed by atoms with Gasteiger partial charge in [0.05, 0.1) is 12.2 Å². The Hall–Kier alpha value is -2.50. The lowest BCUT2D eigenvalue weighted by Crippen LogP contribution is -2.10. The maximum absolute atomic E-state index is 13.3. The predicted octanol–water partition coefficient (Wildman–Crippen LogP) is 2.97. The average molecular weight is 299 g/mol. The molecule has 22 heavy (non-hydrogen) atoms. The van der Waals surface area contributed by atoms with Crippen LogP contribution in [-0.4, -0.2) is 24.1 Å². The highest BCUT2D eigenvalue weighted by Crippen LogP contribution is 2.18. The zero-order valence-corrected chi connectivity index (χ0v) is 12.9. The standard InChI is InChI=1S/C16H18FN5/c1-4-22-12(3)11(2)19-15(22)10-21-9-8-18-16(21)13-6-5-7-14(17)20-13/h5-9H,4,10H2,1-3H3. The molecule has 5 nitrogen and oxygen atoms in total. The maximum Gasteiger partial charge on any atom is 0.213 e. The molecule has 0 amide bonds. The van der Waals surface area contributed by atoms with Gasteiger partial charge in [-0.15, -0.1) is 0 Å². The fraction of sp³-hybridized carbons (Fsp3) is 0.312. The van der Waals surface area contributed by atoms with E-state index in [1.807, 2.05) is 17.7 Å². The molecule has 0 bridgehead atoms. The smallest absolute Gasteiger partial charge is 0.213 e. The first-order valence-electron chi connectivity index (χ1n) is 7.26. The van der Waals surface area contributed by atoms with Crippen molar-refractivity contribution >= 4 is 0 Å². The summed E-state index contributed by atoms with van der Waals surface area (Å²) in [5.74, 6) is 1.10. The van der Waals surface area contributed by atoms with E-state index in [2.05, 4.69) is 33.4 Å². The van der Waals surface area contributed by atoms with E-state index in [-0.39, 0.29) is 0 Å². The van der Waals surface area contributed by atoms with Gasteiger partial charge in [-0.2, -0.15) is 4.39 Å². The van der Waals surface area contributed by atoms with Crippen molar-refractivity contribution in [1.29, 1.82) is 0 Å². The SMILES string of the molecule is CCn1c(Cn2ccnc2-c2cccc(F)n2)nc(C)c1C. The Morgan fingerprint density at radius 3 is 2.73 bits per heavy atom. The molecule has 0 saturated heterocycles. The van der Waals surface area contributed by atoms with Crippen molar-refractivity contribution in [3.8, 4) is 11.5 Å². The normalized spacial score (nSPS) is 11.1. The van der Waals surface area contributed by atoms with Gasteiger partial charge in [0.15, 0.2) is 5.82 Å². The summed E-state index contributed by atoms with van der Waals surface area (Å²) in [6, 6.07) is 4.72. The van der Waals surface area contributed by atoms with Gasteiger partial charge in [0.1, 0.15) is 11.5 Å². The van der Waals surface area contributed by atoms with Crippen molar-refractivity contribution in [2.45, 2.75) is 33.9 Å². The number of pyridine rings is 1. The summed E-state index contributed by atoms with van der Waals surface area (Å²) < 4.78 is 17.4. The van der Waals surface area contributed by atoms with Crippen molar-refractivity contribution in [3.05, 3.63) is 53.8 Å². The van der Waals surface area contributed by atoms with Gasteiger partial charge >= 0.3 is 0 Å². The van der Waals surface area contributed by atoms with Crippen molar-refractivity contribution in [2.75, 3.05) is 0 Å². The Labute approximate surface area is 128 Å². The summed E-state index contributed by atoms with van der Waals surface area (Å²) in [5.41, 5.74) is 2.72. The average Bonchev–Trinajstić information content (AvgIpc) is 3.05. The second-order valence-corrected chi connectivity index (χ2v) is 5.17. The van der Waals surface area contributed by atoms with Crippen molar-refractivity contribution in [3.63, 3.8) is 0 Å². The summed E-state index contributed by atoms with van der Waals surface area (Å²) in [4.78, 5) is 12.8. The first kappa shape index (κ1) is 14.4. The summed E-state index contributed by atoms with van der Waals surface area (Å²) >= 11 is 0. The van der Waals surface area contributed by atoms with E-state index in [4.69, 9.17) is 0 Å². The fourth-order valence-electron chi connectivity index (χ4n) is 2.62. The van der Waals surface area contributed by atoms with Gasteiger partial charge in [0, 0.05) is 24.6 Å². The minimum absolute atomic E-state index is 0.506. The number of rotatable bonds is 4. The zero-order chi connectivity index (χ0) is 15.7. The number of aryl methyl sites for hydroxylation is 1. The molecule has 3 aromatic rings. The van der Waals surface area contributed by atoms with Crippen LogP contribution in [-0.2, 0) is 13.1 Å². The summed E-state index contributed by atoms with van der Waals surface area (Å²) in [6.45, 7) is 7.62. The van der Waals surface area contributed by atoms with Crippen molar-refractivity contribution < 1.29 is 4.39 Å². The number of halogens is 1. The first-order valence-corrected chi connectivity index (χ1v) is 7.26. The fourth-order valence-corrected chi connectivity index (χ4v) is 2.62. The third kappa shape index (κ3) is 2.52. The Morgan fingerprint density at radius 2 is 2.00 bits per heavy atom. The van der Waals surface area contributed by atoms with Gasteiger partial charge < -0.3 is 9.13 Å². The lowest BCUT2D eigenvalue weighted by molar-refractivity contribution is 0.583. The molecule has 6 heteroatoms. The molecule has 0 radical (unpaired) electrons. The van der Waals surface area contributed by atoms with E-state index in [0.29, 0.717) is 18.1 Å². The molecule has 114 valence electrons. The molecule has 0 aromatic carbocycles. The topological polar surface area (TPSA) is 48.5 Å². The van der Waals surface area contributed by atoms with E-state index in [1.54, 1.807) is 18.3 Å². The Morgan fingerprint density at radius 1 is 1.18 bits per heavy atom. The predicted molar refractivity (Wildman–Crippen MR) is 81.9 cm³/mol. The molecule has 0 saturated carbocycles. The molecule has 3 heterocycles. The van der Waals surface area contributed by atoms with Crippen LogP contribution in [0, 0.1) is 19.8 Å². The van der Waals surface area contributed by atoms with E-state index in [1.165, 1.54) is 11.8 Å².